The van der Waals surface area contributed by atoms with E-state index < -0.39 is 0 Å². The number of benzene rings is 2. The van der Waals surface area contributed by atoms with Crippen molar-refractivity contribution in [3.05, 3.63) is 78.5 Å². The second-order valence-corrected chi connectivity index (χ2v) is 6.14. The zero-order chi connectivity index (χ0) is 18.9. The Kier molecular flexibility index (Phi) is 6.52. The fourth-order valence-corrected chi connectivity index (χ4v) is 2.84. The largest absolute Gasteiger partial charge is 0.489 e. The molecule has 5 nitrogen and oxygen atoms in total. The van der Waals surface area contributed by atoms with E-state index in [1.807, 2.05) is 36.4 Å². The van der Waals surface area contributed by atoms with Crippen molar-refractivity contribution in [2.45, 2.75) is 20.0 Å². The van der Waals surface area contributed by atoms with Crippen LogP contribution in [0.3, 0.4) is 0 Å². The van der Waals surface area contributed by atoms with Crippen LogP contribution < -0.4 is 15.4 Å². The Morgan fingerprint density at radius 2 is 1.96 bits per heavy atom. The maximum atomic E-state index is 5.71. The quantitative estimate of drug-likeness (QED) is 0.323. The van der Waals surface area contributed by atoms with E-state index in [1.54, 1.807) is 6.08 Å². The van der Waals surface area contributed by atoms with Gasteiger partial charge in [-0.25, -0.2) is 4.99 Å². The lowest BCUT2D eigenvalue weighted by Gasteiger charge is -2.12. The van der Waals surface area contributed by atoms with Crippen molar-refractivity contribution in [1.29, 1.82) is 0 Å². The molecule has 2 aromatic carbocycles. The first-order chi connectivity index (χ1) is 13.3. The zero-order valence-corrected chi connectivity index (χ0v) is 15.7. The number of nitrogens with zero attached hydrogens (tertiary/aromatic N) is 1. The highest BCUT2D eigenvalue weighted by atomic mass is 16.5. The number of ether oxygens (including phenoxy) is 1. The predicted octanol–water partition coefficient (Wildman–Crippen LogP) is 3.99. The van der Waals surface area contributed by atoms with Gasteiger partial charge in [0.25, 0.3) is 0 Å². The Morgan fingerprint density at radius 1 is 1.15 bits per heavy atom. The molecule has 0 aliphatic carbocycles. The normalized spacial score (nSPS) is 11.4. The first kappa shape index (κ1) is 18.6. The Balaban J connectivity index is 1.66. The molecule has 0 spiro atoms. The lowest BCUT2D eigenvalue weighted by Crippen LogP contribution is -2.36. The predicted molar refractivity (Wildman–Crippen MR) is 112 cm³/mol. The van der Waals surface area contributed by atoms with Gasteiger partial charge in [0.2, 0.25) is 0 Å². The molecule has 0 fully saturated rings. The van der Waals surface area contributed by atoms with Crippen LogP contribution in [0.4, 0.5) is 0 Å². The van der Waals surface area contributed by atoms with E-state index in [9.17, 15) is 0 Å². The third-order valence-electron chi connectivity index (χ3n) is 4.11. The molecule has 1 aromatic heterocycles. The van der Waals surface area contributed by atoms with Crippen LogP contribution in [0.2, 0.25) is 0 Å². The number of aliphatic imine (C=N–C) groups is 1. The topological polar surface area (TPSA) is 61.4 Å². The number of guanidine groups is 1. The minimum Gasteiger partial charge on any atom is -0.489 e. The molecule has 140 valence electrons. The Morgan fingerprint density at radius 3 is 2.78 bits per heavy atom. The number of hydrogen-bond donors (Lipinski definition) is 3. The summed E-state index contributed by atoms with van der Waals surface area (Å²) in [5, 5.41) is 7.88. The molecule has 0 saturated heterocycles. The van der Waals surface area contributed by atoms with Crippen molar-refractivity contribution >= 4 is 16.9 Å². The minimum absolute atomic E-state index is 0.486. The van der Waals surface area contributed by atoms with Gasteiger partial charge in [-0.1, -0.05) is 49.1 Å². The van der Waals surface area contributed by atoms with Crippen molar-refractivity contribution in [2.24, 2.45) is 4.99 Å². The fraction of sp³-hybridized carbons (Fsp3) is 0.227. The van der Waals surface area contributed by atoms with Gasteiger partial charge in [0, 0.05) is 23.3 Å². The summed E-state index contributed by atoms with van der Waals surface area (Å²) in [5.74, 6) is 1.61. The summed E-state index contributed by atoms with van der Waals surface area (Å²) < 4.78 is 5.71. The lowest BCUT2D eigenvalue weighted by molar-refractivity contribution is 0.359. The van der Waals surface area contributed by atoms with Crippen LogP contribution in [0.1, 0.15) is 18.2 Å². The van der Waals surface area contributed by atoms with Gasteiger partial charge in [-0.2, -0.15) is 0 Å². The molecule has 3 N–H and O–H groups in total. The first-order valence-electron chi connectivity index (χ1n) is 9.20. The van der Waals surface area contributed by atoms with Gasteiger partial charge in [-0.05, 0) is 30.5 Å². The van der Waals surface area contributed by atoms with Crippen LogP contribution in [0.5, 0.6) is 5.75 Å². The van der Waals surface area contributed by atoms with Gasteiger partial charge in [-0.15, -0.1) is 0 Å². The molecule has 27 heavy (non-hydrogen) atoms. The number of rotatable bonds is 8. The number of aromatic nitrogens is 1. The van der Waals surface area contributed by atoms with Gasteiger partial charge >= 0.3 is 0 Å². The summed E-state index contributed by atoms with van der Waals surface area (Å²) in [4.78, 5) is 8.12. The van der Waals surface area contributed by atoms with E-state index in [1.165, 1.54) is 5.39 Å². The molecule has 3 aromatic rings. The number of hydrogen-bond acceptors (Lipinski definition) is 2. The van der Waals surface area contributed by atoms with E-state index in [0.29, 0.717) is 19.7 Å². The van der Waals surface area contributed by atoms with Crippen molar-refractivity contribution in [3.63, 3.8) is 0 Å². The summed E-state index contributed by atoms with van der Waals surface area (Å²) in [5.41, 5.74) is 3.31. The number of nitrogens with one attached hydrogen (secondary N) is 3. The second kappa shape index (κ2) is 9.48. The molecule has 0 amide bonds. The summed E-state index contributed by atoms with van der Waals surface area (Å²) in [6.45, 7) is 8.25. The maximum Gasteiger partial charge on any atom is 0.191 e. The van der Waals surface area contributed by atoms with Crippen LogP contribution in [0.25, 0.3) is 10.9 Å². The number of aromatic amines is 1. The smallest absolute Gasteiger partial charge is 0.191 e. The molecule has 0 aliphatic heterocycles. The minimum atomic E-state index is 0.486. The highest BCUT2D eigenvalue weighted by Crippen LogP contribution is 2.19. The summed E-state index contributed by atoms with van der Waals surface area (Å²) in [6, 6.07) is 18.4. The molecular weight excluding hydrogens is 336 g/mol. The number of H-pyrrole nitrogens is 1. The van der Waals surface area contributed by atoms with E-state index >= 15 is 0 Å². The van der Waals surface area contributed by atoms with Gasteiger partial charge in [0.15, 0.2) is 5.96 Å². The van der Waals surface area contributed by atoms with Crippen molar-refractivity contribution in [2.75, 3.05) is 13.2 Å². The Labute approximate surface area is 160 Å². The van der Waals surface area contributed by atoms with Crippen LogP contribution in [0.15, 0.2) is 72.2 Å². The standard InChI is InChI=1S/C22H26N4O/c1-3-13-27-21-12-8-6-10-18(21)15-24-22(23-4-2)25-16-19-14-17-9-5-7-11-20(17)26-19/h3,5-12,14,26H,1,4,13,15-16H2,2H3,(H2,23,24,25). The number of fused-ring (bicyclic) bond motifs is 1. The van der Waals surface area contributed by atoms with Gasteiger partial charge in [-0.3, -0.25) is 0 Å². The number of para-hydroxylation sites is 2. The van der Waals surface area contributed by atoms with E-state index in [-0.39, 0.29) is 0 Å². The second-order valence-electron chi connectivity index (χ2n) is 6.14. The highest BCUT2D eigenvalue weighted by molar-refractivity contribution is 5.81. The third kappa shape index (κ3) is 5.14. The van der Waals surface area contributed by atoms with E-state index in [2.05, 4.69) is 47.3 Å². The molecule has 3 rings (SSSR count). The van der Waals surface area contributed by atoms with Crippen LogP contribution in [-0.2, 0) is 13.1 Å². The highest BCUT2D eigenvalue weighted by Gasteiger charge is 2.05. The lowest BCUT2D eigenvalue weighted by atomic mass is 10.2. The summed E-state index contributed by atoms with van der Waals surface area (Å²) in [6.07, 6.45) is 1.74. The molecule has 0 saturated carbocycles. The Bertz CT molecular complexity index is 880. The van der Waals surface area contributed by atoms with E-state index in [4.69, 9.17) is 9.73 Å². The average molecular weight is 362 g/mol. The zero-order valence-electron chi connectivity index (χ0n) is 15.7. The molecule has 0 atom stereocenters. The molecular formula is C22H26N4O. The van der Waals surface area contributed by atoms with Crippen molar-refractivity contribution in [3.8, 4) is 5.75 Å². The fourth-order valence-electron chi connectivity index (χ4n) is 2.84. The van der Waals surface area contributed by atoms with Crippen molar-refractivity contribution < 1.29 is 4.74 Å². The van der Waals surface area contributed by atoms with Gasteiger partial charge in [0.1, 0.15) is 12.4 Å². The van der Waals surface area contributed by atoms with E-state index in [0.717, 1.165) is 35.0 Å². The van der Waals surface area contributed by atoms with Crippen LogP contribution in [0, 0.1) is 0 Å². The van der Waals surface area contributed by atoms with Crippen LogP contribution >= 0.6 is 0 Å². The molecule has 0 aliphatic rings. The SMILES string of the molecule is C=CCOc1ccccc1CN=C(NCC)NCc1cc2ccccc2[nH]1. The van der Waals surface area contributed by atoms with Gasteiger partial charge < -0.3 is 20.4 Å². The van der Waals surface area contributed by atoms with Gasteiger partial charge in [0.05, 0.1) is 13.1 Å². The Hall–Kier alpha value is -3.21. The maximum absolute atomic E-state index is 5.71. The first-order valence-corrected chi connectivity index (χ1v) is 9.20. The average Bonchev–Trinajstić information content (AvgIpc) is 3.12. The monoisotopic (exact) mass is 362 g/mol. The molecule has 0 radical (unpaired) electrons. The summed E-state index contributed by atoms with van der Waals surface area (Å²) >= 11 is 0. The molecule has 1 heterocycles. The summed E-state index contributed by atoms with van der Waals surface area (Å²) in [7, 11) is 0. The molecule has 0 unspecified atom stereocenters. The molecule has 0 bridgehead atoms. The third-order valence-corrected chi connectivity index (χ3v) is 4.11. The van der Waals surface area contributed by atoms with Crippen molar-refractivity contribution in [1.82, 2.24) is 15.6 Å². The molecule has 5 heteroatoms. The van der Waals surface area contributed by atoms with Crippen LogP contribution in [-0.4, -0.2) is 24.1 Å².